The van der Waals surface area contributed by atoms with Crippen LogP contribution < -0.4 is 10.1 Å². The van der Waals surface area contributed by atoms with Crippen LogP contribution in [0.15, 0.2) is 61.1 Å². The molecule has 3 aromatic heterocycles. The Morgan fingerprint density at radius 2 is 1.84 bits per heavy atom. The zero-order valence-corrected chi connectivity index (χ0v) is 13.4. The van der Waals surface area contributed by atoms with Crippen LogP contribution in [0, 0.1) is 0 Å². The number of nitrogens with zero attached hydrogens (tertiary/aromatic N) is 4. The third kappa shape index (κ3) is 2.83. The van der Waals surface area contributed by atoms with Gasteiger partial charge in [0.05, 0.1) is 25.2 Å². The molecule has 0 radical (unpaired) electrons. The predicted octanol–water partition coefficient (Wildman–Crippen LogP) is 3.25. The summed E-state index contributed by atoms with van der Waals surface area (Å²) in [5.41, 5.74) is 3.35. The lowest BCUT2D eigenvalue weighted by atomic mass is 10.1. The van der Waals surface area contributed by atoms with E-state index in [1.54, 1.807) is 48.4 Å². The lowest BCUT2D eigenvalue weighted by Gasteiger charge is -2.08. The normalized spacial score (nSPS) is 10.8. The van der Waals surface area contributed by atoms with E-state index in [4.69, 9.17) is 4.74 Å². The average Bonchev–Trinajstić information content (AvgIpc) is 3.08. The van der Waals surface area contributed by atoms with Gasteiger partial charge in [-0.1, -0.05) is 12.1 Å². The topological polar surface area (TPSA) is 84.6 Å². The fourth-order valence-corrected chi connectivity index (χ4v) is 2.55. The second-order valence-electron chi connectivity index (χ2n) is 5.38. The maximum Gasteiger partial charge on any atom is 0.213 e. The number of methoxy groups -OCH3 is 1. The largest absolute Gasteiger partial charge is 0.508 e. The summed E-state index contributed by atoms with van der Waals surface area (Å²) in [5.74, 6) is 1.55. The highest BCUT2D eigenvalue weighted by atomic mass is 16.5. The molecule has 0 aliphatic carbocycles. The summed E-state index contributed by atoms with van der Waals surface area (Å²) in [5, 5.41) is 17.2. The number of pyridine rings is 1. The van der Waals surface area contributed by atoms with Crippen LogP contribution in [0.2, 0.25) is 0 Å². The Hall–Kier alpha value is -3.61. The number of hydrogen-bond acceptors (Lipinski definition) is 6. The maximum absolute atomic E-state index is 9.45. The molecule has 1 aromatic carbocycles. The lowest BCUT2D eigenvalue weighted by molar-refractivity contribution is 0.398. The van der Waals surface area contributed by atoms with Crippen LogP contribution in [-0.2, 0) is 0 Å². The molecule has 7 nitrogen and oxygen atoms in total. The molecule has 7 heteroatoms. The summed E-state index contributed by atoms with van der Waals surface area (Å²) in [4.78, 5) is 8.61. The second kappa shape index (κ2) is 6.12. The Bertz CT molecular complexity index is 1010. The number of ether oxygens (including phenoxy) is 1. The molecule has 4 rings (SSSR count). The van der Waals surface area contributed by atoms with Crippen molar-refractivity contribution in [2.24, 2.45) is 0 Å². The van der Waals surface area contributed by atoms with Crippen LogP contribution in [-0.4, -0.2) is 31.8 Å². The van der Waals surface area contributed by atoms with Crippen LogP contribution in [0.3, 0.4) is 0 Å². The van der Waals surface area contributed by atoms with E-state index >= 15 is 0 Å². The summed E-state index contributed by atoms with van der Waals surface area (Å²) in [6.45, 7) is 0. The second-order valence-corrected chi connectivity index (χ2v) is 5.38. The maximum atomic E-state index is 9.45. The van der Waals surface area contributed by atoms with Gasteiger partial charge in [0.15, 0.2) is 5.65 Å². The molecule has 124 valence electrons. The van der Waals surface area contributed by atoms with Gasteiger partial charge in [-0.3, -0.25) is 0 Å². The van der Waals surface area contributed by atoms with Gasteiger partial charge in [-0.05, 0) is 29.8 Å². The van der Waals surface area contributed by atoms with Gasteiger partial charge in [-0.15, -0.1) is 0 Å². The quantitative estimate of drug-likeness (QED) is 0.596. The minimum atomic E-state index is 0.225. The van der Waals surface area contributed by atoms with E-state index in [1.807, 2.05) is 24.3 Å². The molecule has 0 atom stereocenters. The molecule has 0 unspecified atom stereocenters. The van der Waals surface area contributed by atoms with E-state index in [0.717, 1.165) is 28.3 Å². The molecule has 0 saturated heterocycles. The molecule has 0 spiro atoms. The zero-order chi connectivity index (χ0) is 17.2. The van der Waals surface area contributed by atoms with E-state index < -0.39 is 0 Å². The van der Waals surface area contributed by atoms with Crippen molar-refractivity contribution in [2.45, 2.75) is 0 Å². The fourth-order valence-electron chi connectivity index (χ4n) is 2.55. The Balaban J connectivity index is 1.72. The summed E-state index contributed by atoms with van der Waals surface area (Å²) in [6.07, 6.45) is 5.17. The van der Waals surface area contributed by atoms with Crippen molar-refractivity contribution in [1.29, 1.82) is 0 Å². The van der Waals surface area contributed by atoms with Crippen molar-refractivity contribution in [1.82, 2.24) is 19.6 Å². The van der Waals surface area contributed by atoms with Gasteiger partial charge in [0, 0.05) is 17.8 Å². The van der Waals surface area contributed by atoms with Crippen LogP contribution in [0.5, 0.6) is 11.6 Å². The number of anilines is 2. The predicted molar refractivity (Wildman–Crippen MR) is 94.2 cm³/mol. The highest BCUT2D eigenvalue weighted by Crippen LogP contribution is 2.27. The summed E-state index contributed by atoms with van der Waals surface area (Å²) < 4.78 is 6.79. The summed E-state index contributed by atoms with van der Waals surface area (Å²) >= 11 is 0. The van der Waals surface area contributed by atoms with Crippen LogP contribution in [0.1, 0.15) is 0 Å². The van der Waals surface area contributed by atoms with E-state index in [0.29, 0.717) is 5.88 Å². The first-order valence-electron chi connectivity index (χ1n) is 7.64. The standard InChI is InChI=1S/C18H15N5O2/c1-25-17-7-4-13(10-20-17)22-16-8-9-19-18-15(11-21-23(16)18)12-2-5-14(24)6-3-12/h2-11,22,24H,1H3. The van der Waals surface area contributed by atoms with Gasteiger partial charge in [0.1, 0.15) is 11.6 Å². The number of phenols is 1. The molecular weight excluding hydrogens is 318 g/mol. The number of benzene rings is 1. The molecule has 3 heterocycles. The van der Waals surface area contributed by atoms with Crippen molar-refractivity contribution in [2.75, 3.05) is 12.4 Å². The molecule has 0 aliphatic heterocycles. The summed E-state index contributed by atoms with van der Waals surface area (Å²) in [6, 6.07) is 12.5. The highest BCUT2D eigenvalue weighted by Gasteiger charge is 2.11. The van der Waals surface area contributed by atoms with Crippen LogP contribution in [0.25, 0.3) is 16.8 Å². The zero-order valence-electron chi connectivity index (χ0n) is 13.4. The molecule has 0 bridgehead atoms. The lowest BCUT2D eigenvalue weighted by Crippen LogP contribution is -2.01. The third-order valence-corrected chi connectivity index (χ3v) is 3.80. The highest BCUT2D eigenvalue weighted by molar-refractivity contribution is 5.78. The minimum absolute atomic E-state index is 0.225. The van der Waals surface area contributed by atoms with Crippen molar-refractivity contribution in [3.05, 3.63) is 61.1 Å². The number of aromatic nitrogens is 4. The Morgan fingerprint density at radius 3 is 2.56 bits per heavy atom. The monoisotopic (exact) mass is 333 g/mol. The molecule has 0 saturated carbocycles. The number of phenolic OH excluding ortho intramolecular Hbond substituents is 1. The molecule has 0 amide bonds. The molecule has 25 heavy (non-hydrogen) atoms. The van der Waals surface area contributed by atoms with Gasteiger partial charge in [-0.25, -0.2) is 9.97 Å². The third-order valence-electron chi connectivity index (χ3n) is 3.80. The van der Waals surface area contributed by atoms with Gasteiger partial charge in [0.2, 0.25) is 5.88 Å². The van der Waals surface area contributed by atoms with Crippen LogP contribution in [0.4, 0.5) is 11.5 Å². The van der Waals surface area contributed by atoms with E-state index in [2.05, 4.69) is 20.4 Å². The minimum Gasteiger partial charge on any atom is -0.508 e. The number of aromatic hydroxyl groups is 1. The van der Waals surface area contributed by atoms with Gasteiger partial charge in [-0.2, -0.15) is 9.61 Å². The number of rotatable bonds is 4. The Labute approximate surface area is 143 Å². The van der Waals surface area contributed by atoms with E-state index in [9.17, 15) is 5.11 Å². The molecular formula is C18H15N5O2. The van der Waals surface area contributed by atoms with Crippen molar-refractivity contribution < 1.29 is 9.84 Å². The van der Waals surface area contributed by atoms with Crippen molar-refractivity contribution in [3.8, 4) is 22.8 Å². The smallest absolute Gasteiger partial charge is 0.213 e. The van der Waals surface area contributed by atoms with E-state index in [-0.39, 0.29) is 5.75 Å². The Kier molecular flexibility index (Phi) is 3.66. The SMILES string of the molecule is COc1ccc(Nc2ccnc3c(-c4ccc(O)cc4)cnn23)cn1. The first kappa shape index (κ1) is 14.9. The molecule has 4 aromatic rings. The molecule has 2 N–H and O–H groups in total. The summed E-state index contributed by atoms with van der Waals surface area (Å²) in [7, 11) is 1.58. The number of nitrogens with one attached hydrogen (secondary N) is 1. The van der Waals surface area contributed by atoms with Crippen molar-refractivity contribution in [3.63, 3.8) is 0 Å². The average molecular weight is 333 g/mol. The van der Waals surface area contributed by atoms with Gasteiger partial charge >= 0.3 is 0 Å². The first-order valence-corrected chi connectivity index (χ1v) is 7.64. The number of hydrogen-bond donors (Lipinski definition) is 2. The van der Waals surface area contributed by atoms with Gasteiger partial charge in [0.25, 0.3) is 0 Å². The Morgan fingerprint density at radius 1 is 1.00 bits per heavy atom. The number of fused-ring (bicyclic) bond motifs is 1. The fraction of sp³-hybridized carbons (Fsp3) is 0.0556. The van der Waals surface area contributed by atoms with E-state index in [1.165, 1.54) is 0 Å². The molecule has 0 aliphatic rings. The van der Waals surface area contributed by atoms with Crippen LogP contribution >= 0.6 is 0 Å². The van der Waals surface area contributed by atoms with Gasteiger partial charge < -0.3 is 15.2 Å². The first-order chi connectivity index (χ1) is 12.2. The van der Waals surface area contributed by atoms with Crippen molar-refractivity contribution >= 4 is 17.2 Å². The molecule has 0 fully saturated rings.